The average molecular weight is 380 g/mol. The van der Waals surface area contributed by atoms with Crippen LogP contribution >= 0.6 is 22.9 Å². The Morgan fingerprint density at radius 1 is 1.32 bits per heavy atom. The number of amides is 1. The molecule has 3 rings (SSSR count). The van der Waals surface area contributed by atoms with E-state index >= 15 is 0 Å². The fourth-order valence-corrected chi connectivity index (χ4v) is 4.41. The van der Waals surface area contributed by atoms with Crippen LogP contribution in [0.2, 0.25) is 5.02 Å². The molecule has 0 saturated heterocycles. The van der Waals surface area contributed by atoms with Crippen LogP contribution in [-0.4, -0.2) is 25.2 Å². The minimum atomic E-state index is -0.551. The number of fused-ring (bicyclic) bond motifs is 1. The largest absolute Gasteiger partial charge is 0.468 e. The third kappa shape index (κ3) is 3.24. The van der Waals surface area contributed by atoms with E-state index in [2.05, 4.69) is 10.1 Å². The van der Waals surface area contributed by atoms with Gasteiger partial charge in [-0.3, -0.25) is 10.1 Å². The molecule has 7 heteroatoms. The Morgan fingerprint density at radius 2 is 2.04 bits per heavy atom. The number of thiophene rings is 1. The van der Waals surface area contributed by atoms with Crippen LogP contribution in [0.25, 0.3) is 10.4 Å². The van der Waals surface area contributed by atoms with Gasteiger partial charge in [0.25, 0.3) is 0 Å². The molecular weight excluding hydrogens is 362 g/mol. The van der Waals surface area contributed by atoms with Crippen molar-refractivity contribution < 1.29 is 19.1 Å². The zero-order valence-corrected chi connectivity index (χ0v) is 15.9. The summed E-state index contributed by atoms with van der Waals surface area (Å²) in [5.41, 5.74) is 3.95. The number of rotatable bonds is 3. The summed E-state index contributed by atoms with van der Waals surface area (Å²) >= 11 is 7.87. The Kier molecular flexibility index (Phi) is 4.75. The van der Waals surface area contributed by atoms with Gasteiger partial charge in [0.1, 0.15) is 5.75 Å². The Hall–Kier alpha value is -2.05. The van der Waals surface area contributed by atoms with Gasteiger partial charge in [0.05, 0.1) is 17.0 Å². The van der Waals surface area contributed by atoms with Crippen molar-refractivity contribution in [3.8, 4) is 16.2 Å². The van der Waals surface area contributed by atoms with Crippen molar-refractivity contribution in [3.63, 3.8) is 0 Å². The number of Topliss-reactive ketones (excluding diaryl/α,β-unsaturated/α-hetero) is 1. The number of benzene rings is 1. The van der Waals surface area contributed by atoms with Crippen LogP contribution in [-0.2, 0) is 11.2 Å². The third-order valence-electron chi connectivity index (χ3n) is 4.28. The minimum absolute atomic E-state index is 0.0646. The van der Waals surface area contributed by atoms with E-state index in [0.717, 1.165) is 32.0 Å². The van der Waals surface area contributed by atoms with Gasteiger partial charge in [0.15, 0.2) is 12.0 Å². The number of carbonyl (C=O) groups excluding carboxylic acids is 2. The van der Waals surface area contributed by atoms with E-state index in [1.54, 1.807) is 6.92 Å². The molecule has 1 N–H and O–H groups in total. The van der Waals surface area contributed by atoms with Gasteiger partial charge in [-0.05, 0) is 49.6 Å². The number of halogens is 1. The quantitative estimate of drug-likeness (QED) is 0.797. The molecule has 0 radical (unpaired) electrons. The van der Waals surface area contributed by atoms with Crippen LogP contribution in [0.1, 0.15) is 33.3 Å². The van der Waals surface area contributed by atoms with Crippen LogP contribution in [0, 0.1) is 13.8 Å². The van der Waals surface area contributed by atoms with Crippen LogP contribution in [0.3, 0.4) is 0 Å². The van der Waals surface area contributed by atoms with E-state index in [1.165, 1.54) is 18.4 Å². The molecular formula is C18H18ClNO4S. The van der Waals surface area contributed by atoms with Crippen LogP contribution in [0.4, 0.5) is 4.79 Å². The molecule has 0 aliphatic carbocycles. The summed E-state index contributed by atoms with van der Waals surface area (Å²) in [5, 5.41) is 3.10. The SMILES string of the molecule is COC(=O)NC1Cc2cc(-c3sc(C(C)=O)c(C)c3C)cc(Cl)c2O1. The highest BCUT2D eigenvalue weighted by atomic mass is 35.5. The number of carbonyl (C=O) groups is 2. The van der Waals surface area contributed by atoms with Gasteiger partial charge in [-0.15, -0.1) is 11.3 Å². The fourth-order valence-electron chi connectivity index (χ4n) is 2.93. The van der Waals surface area contributed by atoms with Crippen molar-refractivity contribution in [2.45, 2.75) is 33.4 Å². The molecule has 1 aliphatic rings. The van der Waals surface area contributed by atoms with Gasteiger partial charge in [0, 0.05) is 16.9 Å². The van der Waals surface area contributed by atoms with Gasteiger partial charge in [-0.25, -0.2) is 4.79 Å². The second kappa shape index (κ2) is 6.69. The summed E-state index contributed by atoms with van der Waals surface area (Å²) in [5.74, 6) is 0.638. The van der Waals surface area contributed by atoms with Crippen LogP contribution in [0.15, 0.2) is 12.1 Å². The second-order valence-corrected chi connectivity index (χ2v) is 7.39. The van der Waals surface area contributed by atoms with Crippen molar-refractivity contribution in [3.05, 3.63) is 38.7 Å². The summed E-state index contributed by atoms with van der Waals surface area (Å²) < 4.78 is 10.3. The molecule has 0 spiro atoms. The van der Waals surface area contributed by atoms with E-state index in [-0.39, 0.29) is 5.78 Å². The topological polar surface area (TPSA) is 64.6 Å². The van der Waals surface area contributed by atoms with E-state index in [0.29, 0.717) is 17.2 Å². The summed E-state index contributed by atoms with van der Waals surface area (Å²) in [4.78, 5) is 25.0. The lowest BCUT2D eigenvalue weighted by Gasteiger charge is -2.11. The molecule has 1 unspecified atom stereocenters. The number of methoxy groups -OCH3 is 1. The number of hydrogen-bond donors (Lipinski definition) is 1. The van der Waals surface area contributed by atoms with Crippen LogP contribution in [0.5, 0.6) is 5.75 Å². The van der Waals surface area contributed by atoms with Crippen LogP contribution < -0.4 is 10.1 Å². The second-order valence-electron chi connectivity index (χ2n) is 5.96. The highest BCUT2D eigenvalue weighted by Gasteiger charge is 2.28. The predicted octanol–water partition coefficient (Wildman–Crippen LogP) is 4.50. The Morgan fingerprint density at radius 3 is 2.64 bits per heavy atom. The van der Waals surface area contributed by atoms with E-state index in [4.69, 9.17) is 16.3 Å². The third-order valence-corrected chi connectivity index (χ3v) is 6.10. The molecule has 0 saturated carbocycles. The molecule has 0 fully saturated rings. The fraction of sp³-hybridized carbons (Fsp3) is 0.333. The summed E-state index contributed by atoms with van der Waals surface area (Å²) in [6.07, 6.45) is -0.555. The molecule has 1 amide bonds. The van der Waals surface area contributed by atoms with Crippen molar-refractivity contribution >= 4 is 34.8 Å². The highest BCUT2D eigenvalue weighted by molar-refractivity contribution is 7.17. The molecule has 0 bridgehead atoms. The Balaban J connectivity index is 1.97. The first-order valence-electron chi connectivity index (χ1n) is 7.76. The molecule has 1 aromatic carbocycles. The van der Waals surface area contributed by atoms with E-state index < -0.39 is 12.3 Å². The summed E-state index contributed by atoms with van der Waals surface area (Å²) in [6, 6.07) is 3.84. The van der Waals surface area contributed by atoms with Gasteiger partial charge < -0.3 is 9.47 Å². The molecule has 5 nitrogen and oxygen atoms in total. The minimum Gasteiger partial charge on any atom is -0.468 e. The maximum atomic E-state index is 11.8. The maximum Gasteiger partial charge on any atom is 0.409 e. The Bertz CT molecular complexity index is 874. The Labute approximate surface area is 154 Å². The first-order valence-corrected chi connectivity index (χ1v) is 8.96. The molecule has 2 heterocycles. The lowest BCUT2D eigenvalue weighted by atomic mass is 10.0. The lowest BCUT2D eigenvalue weighted by Crippen LogP contribution is -2.37. The van der Waals surface area contributed by atoms with Gasteiger partial charge in [-0.1, -0.05) is 11.6 Å². The standard InChI is InChI=1S/C18H18ClNO4S/c1-8-9(2)17(25-16(8)10(3)21)12-5-11-7-14(20-18(22)23-4)24-15(11)13(19)6-12/h5-6,14H,7H2,1-4H3,(H,20,22). The number of alkyl carbamates (subject to hydrolysis) is 1. The highest BCUT2D eigenvalue weighted by Crippen LogP contribution is 2.43. The molecule has 1 atom stereocenters. The first-order chi connectivity index (χ1) is 11.8. The first kappa shape index (κ1) is 17.8. The maximum absolute atomic E-state index is 11.8. The number of ether oxygens (including phenoxy) is 2. The van der Waals surface area contributed by atoms with Crippen molar-refractivity contribution in [2.24, 2.45) is 0 Å². The van der Waals surface area contributed by atoms with Gasteiger partial charge in [-0.2, -0.15) is 0 Å². The molecule has 2 aromatic rings. The van der Waals surface area contributed by atoms with E-state index in [1.807, 2.05) is 26.0 Å². The van der Waals surface area contributed by atoms with Gasteiger partial charge in [0.2, 0.25) is 0 Å². The molecule has 1 aliphatic heterocycles. The van der Waals surface area contributed by atoms with Crippen molar-refractivity contribution in [1.29, 1.82) is 0 Å². The number of hydrogen-bond acceptors (Lipinski definition) is 5. The van der Waals surface area contributed by atoms with Crippen molar-refractivity contribution in [1.82, 2.24) is 5.32 Å². The normalized spacial score (nSPS) is 15.5. The summed E-state index contributed by atoms with van der Waals surface area (Å²) in [6.45, 7) is 5.54. The number of ketones is 1. The molecule has 25 heavy (non-hydrogen) atoms. The van der Waals surface area contributed by atoms with Crippen molar-refractivity contribution in [2.75, 3.05) is 7.11 Å². The predicted molar refractivity (Wildman–Crippen MR) is 97.9 cm³/mol. The average Bonchev–Trinajstić information content (AvgIpc) is 3.09. The number of nitrogens with one attached hydrogen (secondary N) is 1. The monoisotopic (exact) mass is 379 g/mol. The zero-order valence-electron chi connectivity index (χ0n) is 14.4. The smallest absolute Gasteiger partial charge is 0.409 e. The zero-order chi connectivity index (χ0) is 18.3. The molecule has 1 aromatic heterocycles. The van der Waals surface area contributed by atoms with Gasteiger partial charge >= 0.3 is 6.09 Å². The van der Waals surface area contributed by atoms with E-state index in [9.17, 15) is 9.59 Å². The molecule has 132 valence electrons. The lowest BCUT2D eigenvalue weighted by molar-refractivity contribution is 0.102. The summed E-state index contributed by atoms with van der Waals surface area (Å²) in [7, 11) is 1.30.